The highest BCUT2D eigenvalue weighted by Gasteiger charge is 2.35. The van der Waals surface area contributed by atoms with Crippen LogP contribution in [-0.2, 0) is 16.1 Å². The van der Waals surface area contributed by atoms with E-state index in [4.69, 9.17) is 4.74 Å². The summed E-state index contributed by atoms with van der Waals surface area (Å²) in [6.45, 7) is 2.21. The van der Waals surface area contributed by atoms with Crippen LogP contribution in [-0.4, -0.2) is 69.3 Å². The van der Waals surface area contributed by atoms with Gasteiger partial charge in [0.2, 0.25) is 5.91 Å². The van der Waals surface area contributed by atoms with Gasteiger partial charge in [-0.1, -0.05) is 17.3 Å². The van der Waals surface area contributed by atoms with E-state index in [1.54, 1.807) is 38.7 Å². The van der Waals surface area contributed by atoms with Crippen LogP contribution >= 0.6 is 0 Å². The van der Waals surface area contributed by atoms with Crippen molar-refractivity contribution in [3.63, 3.8) is 0 Å². The Morgan fingerprint density at radius 3 is 2.64 bits per heavy atom. The molecule has 2 aliphatic heterocycles. The van der Waals surface area contributed by atoms with Gasteiger partial charge in [-0.25, -0.2) is 9.48 Å². The first kappa shape index (κ1) is 18.1. The number of ether oxygens (including phenoxy) is 1. The van der Waals surface area contributed by atoms with E-state index in [-0.39, 0.29) is 23.4 Å². The molecule has 0 aliphatic carbocycles. The van der Waals surface area contributed by atoms with E-state index in [0.29, 0.717) is 31.6 Å². The number of hydrogen-bond donors (Lipinski definition) is 0. The summed E-state index contributed by atoms with van der Waals surface area (Å²) in [5.74, 6) is -0.585. The van der Waals surface area contributed by atoms with Crippen LogP contribution < -0.4 is 0 Å². The number of methoxy groups -OCH3 is 1. The first-order valence-electron chi connectivity index (χ1n) is 9.22. The van der Waals surface area contributed by atoms with E-state index in [0.717, 1.165) is 18.7 Å². The Bertz CT molecular complexity index is 919. The standard InChI is InChI=1S/C19H21N5O4/c1-28-19(27)16-6-3-2-5-15(16)18(26)23-11-14(12-23)24-10-13(20-21-24)9-22-8-4-7-17(22)25/h2-3,5-6,10,14H,4,7-9,11-12H2,1H3. The lowest BCUT2D eigenvalue weighted by atomic mass is 10.0. The number of amides is 2. The van der Waals surface area contributed by atoms with Crippen LogP contribution in [0.1, 0.15) is 45.3 Å². The third-order valence-corrected chi connectivity index (χ3v) is 5.17. The molecule has 0 spiro atoms. The van der Waals surface area contributed by atoms with Crippen molar-refractivity contribution in [3.05, 3.63) is 47.3 Å². The second-order valence-corrected chi connectivity index (χ2v) is 7.01. The highest BCUT2D eigenvalue weighted by Crippen LogP contribution is 2.24. The minimum Gasteiger partial charge on any atom is -0.465 e. The Balaban J connectivity index is 1.38. The first-order chi connectivity index (χ1) is 13.6. The van der Waals surface area contributed by atoms with Gasteiger partial charge in [-0.3, -0.25) is 9.59 Å². The zero-order valence-electron chi connectivity index (χ0n) is 15.6. The van der Waals surface area contributed by atoms with Gasteiger partial charge in [0.1, 0.15) is 5.69 Å². The predicted molar refractivity (Wildman–Crippen MR) is 97.4 cm³/mol. The van der Waals surface area contributed by atoms with Crippen LogP contribution in [0.2, 0.25) is 0 Å². The molecule has 9 heteroatoms. The summed E-state index contributed by atoms with van der Waals surface area (Å²) in [5, 5.41) is 8.30. The molecule has 28 heavy (non-hydrogen) atoms. The van der Waals surface area contributed by atoms with Crippen molar-refractivity contribution in [1.82, 2.24) is 24.8 Å². The van der Waals surface area contributed by atoms with Gasteiger partial charge in [-0.2, -0.15) is 0 Å². The smallest absolute Gasteiger partial charge is 0.338 e. The van der Waals surface area contributed by atoms with E-state index in [2.05, 4.69) is 10.3 Å². The fraction of sp³-hybridized carbons (Fsp3) is 0.421. The zero-order chi connectivity index (χ0) is 19.7. The maximum atomic E-state index is 12.7. The molecule has 9 nitrogen and oxygen atoms in total. The normalized spacial score (nSPS) is 17.0. The molecule has 0 saturated carbocycles. The van der Waals surface area contributed by atoms with Gasteiger partial charge in [-0.05, 0) is 18.6 Å². The molecule has 4 rings (SSSR count). The molecule has 2 aromatic rings. The Labute approximate surface area is 161 Å². The van der Waals surface area contributed by atoms with Gasteiger partial charge in [-0.15, -0.1) is 5.10 Å². The molecule has 1 aromatic heterocycles. The average molecular weight is 383 g/mol. The molecule has 2 aliphatic rings. The van der Waals surface area contributed by atoms with Gasteiger partial charge in [0.15, 0.2) is 0 Å². The number of hydrogen-bond acceptors (Lipinski definition) is 6. The Hall–Kier alpha value is -3.23. The summed E-state index contributed by atoms with van der Waals surface area (Å²) in [6, 6.07) is 6.66. The van der Waals surface area contributed by atoms with E-state index < -0.39 is 5.97 Å². The molecule has 0 unspecified atom stereocenters. The molecule has 2 amide bonds. The summed E-state index contributed by atoms with van der Waals surface area (Å²) in [5.41, 5.74) is 1.34. The Morgan fingerprint density at radius 2 is 1.96 bits per heavy atom. The maximum Gasteiger partial charge on any atom is 0.338 e. The van der Waals surface area contributed by atoms with E-state index in [1.165, 1.54) is 7.11 Å². The van der Waals surface area contributed by atoms with Gasteiger partial charge in [0.05, 0.1) is 37.0 Å². The lowest BCUT2D eigenvalue weighted by Gasteiger charge is -2.39. The Morgan fingerprint density at radius 1 is 1.21 bits per heavy atom. The van der Waals surface area contributed by atoms with Crippen LogP contribution in [0.3, 0.4) is 0 Å². The molecule has 2 saturated heterocycles. The van der Waals surface area contributed by atoms with Gasteiger partial charge in [0.25, 0.3) is 5.91 Å². The molecular formula is C19H21N5O4. The molecular weight excluding hydrogens is 362 g/mol. The van der Waals surface area contributed by atoms with Crippen molar-refractivity contribution in [3.8, 4) is 0 Å². The fourth-order valence-corrected chi connectivity index (χ4v) is 3.55. The van der Waals surface area contributed by atoms with Crippen molar-refractivity contribution in [1.29, 1.82) is 0 Å². The predicted octanol–water partition coefficient (Wildman–Crippen LogP) is 0.884. The van der Waals surface area contributed by atoms with Gasteiger partial charge >= 0.3 is 5.97 Å². The minimum absolute atomic E-state index is 0.0322. The lowest BCUT2D eigenvalue weighted by molar-refractivity contribution is -0.128. The van der Waals surface area contributed by atoms with Crippen molar-refractivity contribution < 1.29 is 19.1 Å². The van der Waals surface area contributed by atoms with Crippen LogP contribution in [0.25, 0.3) is 0 Å². The second-order valence-electron chi connectivity index (χ2n) is 7.01. The number of aromatic nitrogens is 3. The molecule has 0 atom stereocenters. The van der Waals surface area contributed by atoms with Crippen LogP contribution in [0.15, 0.2) is 30.5 Å². The number of carbonyl (C=O) groups is 3. The third-order valence-electron chi connectivity index (χ3n) is 5.17. The van der Waals surface area contributed by atoms with Crippen molar-refractivity contribution >= 4 is 17.8 Å². The van der Waals surface area contributed by atoms with Crippen LogP contribution in [0, 0.1) is 0 Å². The number of benzene rings is 1. The topological polar surface area (TPSA) is 97.6 Å². The summed E-state index contributed by atoms with van der Waals surface area (Å²) < 4.78 is 6.50. The maximum absolute atomic E-state index is 12.7. The fourth-order valence-electron chi connectivity index (χ4n) is 3.55. The Kier molecular flexibility index (Phi) is 4.81. The second kappa shape index (κ2) is 7.41. The SMILES string of the molecule is COC(=O)c1ccccc1C(=O)N1CC(n2cc(CN3CCCC3=O)nn2)C1. The van der Waals surface area contributed by atoms with E-state index in [9.17, 15) is 14.4 Å². The largest absolute Gasteiger partial charge is 0.465 e. The molecule has 2 fully saturated rings. The molecule has 0 N–H and O–H groups in total. The summed E-state index contributed by atoms with van der Waals surface area (Å²) in [7, 11) is 1.29. The van der Waals surface area contributed by atoms with Crippen LogP contribution in [0.4, 0.5) is 0 Å². The number of rotatable bonds is 5. The first-order valence-corrected chi connectivity index (χ1v) is 9.22. The summed E-state index contributed by atoms with van der Waals surface area (Å²) in [6.07, 6.45) is 3.32. The molecule has 0 radical (unpaired) electrons. The average Bonchev–Trinajstić information content (AvgIpc) is 3.29. The molecule has 1 aromatic carbocycles. The lowest BCUT2D eigenvalue weighted by Crippen LogP contribution is -2.51. The molecule has 3 heterocycles. The number of nitrogens with zero attached hydrogens (tertiary/aromatic N) is 5. The van der Waals surface area contributed by atoms with Gasteiger partial charge < -0.3 is 14.5 Å². The van der Waals surface area contributed by atoms with Gasteiger partial charge in [0, 0.05) is 26.1 Å². The quantitative estimate of drug-likeness (QED) is 0.711. The highest BCUT2D eigenvalue weighted by atomic mass is 16.5. The van der Waals surface area contributed by atoms with E-state index >= 15 is 0 Å². The molecule has 146 valence electrons. The van der Waals surface area contributed by atoms with Crippen molar-refractivity contribution in [2.45, 2.75) is 25.4 Å². The third kappa shape index (κ3) is 3.35. The minimum atomic E-state index is -0.529. The summed E-state index contributed by atoms with van der Waals surface area (Å²) in [4.78, 5) is 39.8. The number of esters is 1. The van der Waals surface area contributed by atoms with Crippen molar-refractivity contribution in [2.75, 3.05) is 26.7 Å². The van der Waals surface area contributed by atoms with E-state index in [1.807, 2.05) is 6.20 Å². The van der Waals surface area contributed by atoms with Crippen LogP contribution in [0.5, 0.6) is 0 Å². The summed E-state index contributed by atoms with van der Waals surface area (Å²) >= 11 is 0. The van der Waals surface area contributed by atoms with Crippen molar-refractivity contribution in [2.24, 2.45) is 0 Å². The zero-order valence-corrected chi connectivity index (χ0v) is 15.6. The highest BCUT2D eigenvalue weighted by molar-refractivity contribution is 6.05. The monoisotopic (exact) mass is 383 g/mol. The molecule has 0 bridgehead atoms. The number of carbonyl (C=O) groups excluding carboxylic acids is 3. The number of likely N-dealkylation sites (tertiary alicyclic amines) is 2.